The van der Waals surface area contributed by atoms with Crippen molar-refractivity contribution in [2.75, 3.05) is 18.2 Å². The van der Waals surface area contributed by atoms with Crippen LogP contribution in [0.2, 0.25) is 18.1 Å². The summed E-state index contributed by atoms with van der Waals surface area (Å²) < 4.78 is 34.7. The van der Waals surface area contributed by atoms with Gasteiger partial charge < -0.3 is 9.53 Å². The van der Waals surface area contributed by atoms with Crippen LogP contribution in [-0.2, 0) is 23.5 Å². The molecule has 144 valence electrons. The molecule has 1 atom stereocenters. The molecule has 0 aromatic heterocycles. The lowest BCUT2D eigenvalue weighted by molar-refractivity contribution is -0.153. The second kappa shape index (κ2) is 8.49. The number of hydrogen-bond acceptors (Lipinski definition) is 5. The molecule has 0 saturated heterocycles. The Hall–Kier alpha value is -0.153. The highest BCUT2D eigenvalue weighted by Gasteiger charge is 2.46. The predicted molar refractivity (Wildman–Crippen MR) is 98.6 cm³/mol. The second-order valence-electron chi connectivity index (χ2n) is 8.15. The van der Waals surface area contributed by atoms with Gasteiger partial charge in [-0.25, -0.2) is 4.79 Å². The lowest BCUT2D eigenvalue weighted by Gasteiger charge is -2.42. The summed E-state index contributed by atoms with van der Waals surface area (Å²) in [5, 5.41) is 9.42. The molecular formula is C15H31ClO6SSi. The van der Waals surface area contributed by atoms with Crippen molar-refractivity contribution in [1.29, 1.82) is 0 Å². The Labute approximate surface area is 152 Å². The van der Waals surface area contributed by atoms with Crippen LogP contribution in [0.15, 0.2) is 0 Å². The van der Waals surface area contributed by atoms with Gasteiger partial charge in [-0.15, -0.1) is 11.6 Å². The van der Waals surface area contributed by atoms with Crippen molar-refractivity contribution in [2.24, 2.45) is 5.41 Å². The van der Waals surface area contributed by atoms with Gasteiger partial charge >= 0.3 is 5.97 Å². The number of hydrogen-bond donors (Lipinski definition) is 1. The molecule has 0 unspecified atom stereocenters. The van der Waals surface area contributed by atoms with Crippen LogP contribution in [0.3, 0.4) is 0 Å². The Bertz CT molecular complexity index is 525. The third-order valence-electron chi connectivity index (χ3n) is 4.29. The first-order valence-electron chi connectivity index (χ1n) is 7.89. The molecule has 1 N–H and O–H groups in total. The van der Waals surface area contributed by atoms with E-state index >= 15 is 0 Å². The van der Waals surface area contributed by atoms with Crippen LogP contribution < -0.4 is 0 Å². The average Bonchev–Trinajstić information content (AvgIpc) is 2.39. The van der Waals surface area contributed by atoms with E-state index in [-0.39, 0.29) is 29.7 Å². The van der Waals surface area contributed by atoms with Gasteiger partial charge in [0.25, 0.3) is 10.1 Å². The van der Waals surface area contributed by atoms with E-state index in [1.807, 2.05) is 33.9 Å². The van der Waals surface area contributed by atoms with Crippen LogP contribution in [0.1, 0.15) is 41.0 Å². The molecule has 0 aromatic carbocycles. The maximum atomic E-state index is 11.8. The fourth-order valence-corrected chi connectivity index (χ4v) is 4.38. The van der Waals surface area contributed by atoms with Crippen LogP contribution in [0.5, 0.6) is 0 Å². The number of carboxylic acids is 1. The van der Waals surface area contributed by atoms with Crippen molar-refractivity contribution in [3.63, 3.8) is 0 Å². The van der Waals surface area contributed by atoms with Gasteiger partial charge in [-0.2, -0.15) is 8.42 Å². The number of carboxylic acid groups (broad SMARTS) is 1. The molecule has 0 saturated carbocycles. The zero-order valence-electron chi connectivity index (χ0n) is 15.7. The lowest BCUT2D eigenvalue weighted by Crippen LogP contribution is -2.52. The first kappa shape index (κ1) is 23.8. The standard InChI is InChI=1S/C15H31ClO6SSi/c1-14(2,3)24(6,7)22-12(13(17)18)15(4,5)11-21-23(19,20)10-8-9-16/h12H,8-11H2,1-7H3,(H,17,18)/t12-/m0/s1. The summed E-state index contributed by atoms with van der Waals surface area (Å²) in [6.45, 7) is 13.0. The van der Waals surface area contributed by atoms with E-state index in [1.165, 1.54) is 0 Å². The van der Waals surface area contributed by atoms with E-state index in [4.69, 9.17) is 20.2 Å². The van der Waals surface area contributed by atoms with Crippen molar-refractivity contribution < 1.29 is 26.9 Å². The minimum absolute atomic E-state index is 0.163. The van der Waals surface area contributed by atoms with Gasteiger partial charge in [-0.05, 0) is 24.6 Å². The number of halogens is 1. The summed E-state index contributed by atoms with van der Waals surface area (Å²) in [6, 6.07) is 0. The molecule has 0 bridgehead atoms. The molecule has 0 heterocycles. The van der Waals surface area contributed by atoms with Gasteiger partial charge in [0, 0.05) is 11.3 Å². The molecule has 0 rings (SSSR count). The van der Waals surface area contributed by atoms with Gasteiger partial charge in [0.15, 0.2) is 14.4 Å². The Morgan fingerprint density at radius 3 is 2.08 bits per heavy atom. The Kier molecular flexibility index (Phi) is 8.43. The highest BCUT2D eigenvalue weighted by molar-refractivity contribution is 7.86. The highest BCUT2D eigenvalue weighted by Crippen LogP contribution is 2.40. The molecular weight excluding hydrogens is 372 g/mol. The van der Waals surface area contributed by atoms with Gasteiger partial charge in [0.2, 0.25) is 0 Å². The zero-order chi connectivity index (χ0) is 19.4. The third-order valence-corrected chi connectivity index (χ3v) is 10.3. The number of carbonyl (C=O) groups is 1. The molecule has 0 radical (unpaired) electrons. The first-order chi connectivity index (χ1) is 10.6. The van der Waals surface area contributed by atoms with Gasteiger partial charge in [0.1, 0.15) is 0 Å². The average molecular weight is 403 g/mol. The fourth-order valence-electron chi connectivity index (χ4n) is 1.62. The van der Waals surface area contributed by atoms with Gasteiger partial charge in [0.05, 0.1) is 12.4 Å². The minimum atomic E-state index is -3.73. The van der Waals surface area contributed by atoms with Crippen LogP contribution >= 0.6 is 11.6 Å². The van der Waals surface area contributed by atoms with E-state index in [0.29, 0.717) is 0 Å². The van der Waals surface area contributed by atoms with E-state index in [2.05, 4.69) is 0 Å². The summed E-state index contributed by atoms with van der Waals surface area (Å²) in [5.41, 5.74) is -1.00. The Balaban J connectivity index is 5.20. The Morgan fingerprint density at radius 2 is 1.71 bits per heavy atom. The normalized spacial score (nSPS) is 15.3. The maximum Gasteiger partial charge on any atom is 0.332 e. The molecule has 0 aliphatic heterocycles. The van der Waals surface area contributed by atoms with Crippen LogP contribution in [0.4, 0.5) is 0 Å². The maximum absolute atomic E-state index is 11.8. The van der Waals surface area contributed by atoms with E-state index in [0.717, 1.165) is 0 Å². The second-order valence-corrected chi connectivity index (χ2v) is 15.0. The van der Waals surface area contributed by atoms with Crippen molar-refractivity contribution >= 4 is 36.0 Å². The monoisotopic (exact) mass is 402 g/mol. The Morgan fingerprint density at radius 1 is 1.21 bits per heavy atom. The first-order valence-corrected chi connectivity index (χ1v) is 12.9. The summed E-state index contributed by atoms with van der Waals surface area (Å²) in [6.07, 6.45) is -0.866. The topological polar surface area (TPSA) is 89.9 Å². The largest absolute Gasteiger partial charge is 0.479 e. The van der Waals surface area contributed by atoms with Crippen LogP contribution in [-0.4, -0.2) is 52.2 Å². The molecule has 0 aliphatic carbocycles. The SMILES string of the molecule is CC(C)(COS(=O)(=O)CCCCl)[C@@H](O[Si](C)(C)C(C)(C)C)C(=O)O. The minimum Gasteiger partial charge on any atom is -0.479 e. The lowest BCUT2D eigenvalue weighted by atomic mass is 9.88. The van der Waals surface area contributed by atoms with Crippen LogP contribution in [0, 0.1) is 5.41 Å². The molecule has 0 aromatic rings. The number of alkyl halides is 1. The quantitative estimate of drug-likeness (QED) is 0.342. The molecule has 0 amide bonds. The number of rotatable bonds is 10. The highest BCUT2D eigenvalue weighted by atomic mass is 35.5. The smallest absolute Gasteiger partial charge is 0.332 e. The molecule has 0 fully saturated rings. The molecule has 9 heteroatoms. The summed E-state index contributed by atoms with van der Waals surface area (Å²) in [7, 11) is -6.07. The fraction of sp³-hybridized carbons (Fsp3) is 0.933. The van der Waals surface area contributed by atoms with Crippen LogP contribution in [0.25, 0.3) is 0 Å². The molecule has 24 heavy (non-hydrogen) atoms. The van der Waals surface area contributed by atoms with E-state index in [1.54, 1.807) is 13.8 Å². The number of aliphatic carboxylic acids is 1. The summed E-state index contributed by atoms with van der Waals surface area (Å²) in [4.78, 5) is 11.7. The third kappa shape index (κ3) is 7.39. The molecule has 0 spiro atoms. The predicted octanol–water partition coefficient (Wildman–Crippen LogP) is 3.46. The summed E-state index contributed by atoms with van der Waals surface area (Å²) in [5.74, 6) is -1.09. The van der Waals surface area contributed by atoms with E-state index < -0.39 is 35.9 Å². The van der Waals surface area contributed by atoms with Gasteiger partial charge in [-0.1, -0.05) is 34.6 Å². The van der Waals surface area contributed by atoms with Crippen molar-refractivity contribution in [1.82, 2.24) is 0 Å². The zero-order valence-corrected chi connectivity index (χ0v) is 18.3. The van der Waals surface area contributed by atoms with E-state index in [9.17, 15) is 18.3 Å². The molecule has 6 nitrogen and oxygen atoms in total. The van der Waals surface area contributed by atoms with Crippen molar-refractivity contribution in [3.8, 4) is 0 Å². The van der Waals surface area contributed by atoms with Gasteiger partial charge in [-0.3, -0.25) is 4.18 Å². The molecule has 0 aliphatic rings. The summed E-state index contributed by atoms with van der Waals surface area (Å²) >= 11 is 5.49. The van der Waals surface area contributed by atoms with Crippen molar-refractivity contribution in [3.05, 3.63) is 0 Å². The van der Waals surface area contributed by atoms with Crippen molar-refractivity contribution in [2.45, 2.75) is 65.3 Å².